The minimum absolute atomic E-state index is 0.00793. The fourth-order valence-corrected chi connectivity index (χ4v) is 3.89. The number of carbonyl (C=O) groups excluding carboxylic acids is 2. The zero-order valence-corrected chi connectivity index (χ0v) is 18.7. The van der Waals surface area contributed by atoms with Gasteiger partial charge in [-0.25, -0.2) is 0 Å². The molecular weight excluding hydrogens is 378 g/mol. The van der Waals surface area contributed by atoms with Gasteiger partial charge < -0.3 is 14.6 Å². The van der Waals surface area contributed by atoms with Gasteiger partial charge in [0.25, 0.3) is 5.91 Å². The Morgan fingerprint density at radius 3 is 2.07 bits per heavy atom. The summed E-state index contributed by atoms with van der Waals surface area (Å²) in [7, 11) is 0. The number of rotatable bonds is 6. The van der Waals surface area contributed by atoms with Gasteiger partial charge in [0.05, 0.1) is 6.54 Å². The first kappa shape index (κ1) is 22.1. The number of para-hydroxylation sites is 1. The molecule has 1 aliphatic heterocycles. The molecule has 2 aromatic rings. The molecule has 30 heavy (non-hydrogen) atoms. The third-order valence-electron chi connectivity index (χ3n) is 5.62. The second-order valence-corrected chi connectivity index (χ2v) is 8.65. The molecule has 0 atom stereocenters. The maximum absolute atomic E-state index is 12.8. The molecule has 0 aliphatic carbocycles. The van der Waals surface area contributed by atoms with Crippen molar-refractivity contribution in [1.29, 1.82) is 0 Å². The number of nitrogens with zero attached hydrogens (tertiary/aromatic N) is 2. The van der Waals surface area contributed by atoms with Crippen LogP contribution >= 0.6 is 0 Å². The quantitative estimate of drug-likeness (QED) is 0.772. The van der Waals surface area contributed by atoms with E-state index < -0.39 is 0 Å². The standard InChI is InChI=1S/C24H33N3O3/c1-16(2)19-7-6-8-20(17(3)4)23(19)25-22(28)15-26-11-13-27(14-12-26)24(29)21-10-9-18(5)30-21/h6-10,16-17H,11-15H2,1-5H3,(H,25,28). The normalized spacial score (nSPS) is 15.1. The largest absolute Gasteiger partial charge is 0.456 e. The molecule has 0 unspecified atom stereocenters. The molecular formula is C24H33N3O3. The maximum Gasteiger partial charge on any atom is 0.289 e. The molecule has 0 bridgehead atoms. The summed E-state index contributed by atoms with van der Waals surface area (Å²) in [6, 6.07) is 9.76. The van der Waals surface area contributed by atoms with Crippen molar-refractivity contribution in [1.82, 2.24) is 9.80 Å². The van der Waals surface area contributed by atoms with Crippen LogP contribution in [-0.2, 0) is 4.79 Å². The summed E-state index contributed by atoms with van der Waals surface area (Å²) in [6.45, 7) is 13.2. The van der Waals surface area contributed by atoms with Gasteiger partial charge in [0.2, 0.25) is 5.91 Å². The fraction of sp³-hybridized carbons (Fsp3) is 0.500. The van der Waals surface area contributed by atoms with Crippen molar-refractivity contribution in [3.63, 3.8) is 0 Å². The molecule has 2 heterocycles. The highest BCUT2D eigenvalue weighted by Crippen LogP contribution is 2.32. The van der Waals surface area contributed by atoms with E-state index in [2.05, 4.69) is 56.1 Å². The minimum Gasteiger partial charge on any atom is -0.456 e. The van der Waals surface area contributed by atoms with E-state index in [0.29, 0.717) is 50.3 Å². The fourth-order valence-electron chi connectivity index (χ4n) is 3.89. The van der Waals surface area contributed by atoms with Crippen LogP contribution in [0.5, 0.6) is 0 Å². The average Bonchev–Trinajstić information content (AvgIpc) is 3.14. The Bertz CT molecular complexity index is 867. The molecule has 2 amide bonds. The molecule has 6 nitrogen and oxygen atoms in total. The molecule has 0 spiro atoms. The zero-order chi connectivity index (χ0) is 21.8. The van der Waals surface area contributed by atoms with E-state index in [4.69, 9.17) is 4.42 Å². The molecule has 6 heteroatoms. The van der Waals surface area contributed by atoms with Crippen LogP contribution in [0.25, 0.3) is 0 Å². The number of carbonyl (C=O) groups is 2. The average molecular weight is 412 g/mol. The molecule has 0 radical (unpaired) electrons. The van der Waals surface area contributed by atoms with Crippen LogP contribution in [0.1, 0.15) is 67.0 Å². The number of hydrogen-bond donors (Lipinski definition) is 1. The number of nitrogens with one attached hydrogen (secondary N) is 1. The Morgan fingerprint density at radius 2 is 1.57 bits per heavy atom. The van der Waals surface area contributed by atoms with Crippen molar-refractivity contribution >= 4 is 17.5 Å². The molecule has 1 aliphatic rings. The highest BCUT2D eigenvalue weighted by molar-refractivity contribution is 5.94. The van der Waals surface area contributed by atoms with E-state index in [1.54, 1.807) is 17.0 Å². The van der Waals surface area contributed by atoms with Gasteiger partial charge in [0.1, 0.15) is 5.76 Å². The SMILES string of the molecule is Cc1ccc(C(=O)N2CCN(CC(=O)Nc3c(C(C)C)cccc3C(C)C)CC2)o1. The van der Waals surface area contributed by atoms with E-state index in [-0.39, 0.29) is 11.8 Å². The number of piperazine rings is 1. The van der Waals surface area contributed by atoms with E-state index in [9.17, 15) is 9.59 Å². The molecule has 3 rings (SSSR count). The molecule has 1 N–H and O–H groups in total. The van der Waals surface area contributed by atoms with Crippen LogP contribution in [0.3, 0.4) is 0 Å². The first-order valence-electron chi connectivity index (χ1n) is 10.8. The Kier molecular flexibility index (Phi) is 6.98. The predicted molar refractivity (Wildman–Crippen MR) is 119 cm³/mol. The van der Waals surface area contributed by atoms with Gasteiger partial charge in [-0.15, -0.1) is 0 Å². The van der Waals surface area contributed by atoms with Gasteiger partial charge in [-0.3, -0.25) is 14.5 Å². The molecule has 1 saturated heterocycles. The summed E-state index contributed by atoms with van der Waals surface area (Å²) in [5.41, 5.74) is 3.28. The monoisotopic (exact) mass is 411 g/mol. The number of amides is 2. The van der Waals surface area contributed by atoms with Crippen molar-refractivity contribution in [3.05, 3.63) is 53.0 Å². The van der Waals surface area contributed by atoms with Gasteiger partial charge in [0.15, 0.2) is 5.76 Å². The Morgan fingerprint density at radius 1 is 0.967 bits per heavy atom. The van der Waals surface area contributed by atoms with E-state index >= 15 is 0 Å². The first-order chi connectivity index (χ1) is 14.3. The highest BCUT2D eigenvalue weighted by atomic mass is 16.3. The Labute approximate surface area is 179 Å². The first-order valence-corrected chi connectivity index (χ1v) is 10.8. The minimum atomic E-state index is -0.0837. The third kappa shape index (κ3) is 5.11. The zero-order valence-electron chi connectivity index (χ0n) is 18.7. The van der Waals surface area contributed by atoms with Crippen LogP contribution < -0.4 is 5.32 Å². The molecule has 1 aromatic carbocycles. The Balaban J connectivity index is 1.59. The predicted octanol–water partition coefficient (Wildman–Crippen LogP) is 4.23. The summed E-state index contributed by atoms with van der Waals surface area (Å²) < 4.78 is 5.45. The summed E-state index contributed by atoms with van der Waals surface area (Å²) in [6.07, 6.45) is 0. The number of anilines is 1. The van der Waals surface area contributed by atoms with Gasteiger partial charge in [0, 0.05) is 31.9 Å². The number of furan rings is 1. The van der Waals surface area contributed by atoms with Crippen LogP contribution in [0.4, 0.5) is 5.69 Å². The van der Waals surface area contributed by atoms with E-state index in [1.807, 2.05) is 6.92 Å². The topological polar surface area (TPSA) is 65.8 Å². The van der Waals surface area contributed by atoms with Crippen molar-refractivity contribution in [2.24, 2.45) is 0 Å². The second kappa shape index (κ2) is 9.47. The van der Waals surface area contributed by atoms with Gasteiger partial charge in [-0.2, -0.15) is 0 Å². The maximum atomic E-state index is 12.8. The Hall–Kier alpha value is -2.60. The summed E-state index contributed by atoms with van der Waals surface area (Å²) in [5, 5.41) is 3.18. The number of hydrogen-bond acceptors (Lipinski definition) is 4. The smallest absolute Gasteiger partial charge is 0.289 e. The van der Waals surface area contributed by atoms with Crippen molar-refractivity contribution < 1.29 is 14.0 Å². The second-order valence-electron chi connectivity index (χ2n) is 8.65. The van der Waals surface area contributed by atoms with E-state index in [0.717, 1.165) is 11.4 Å². The van der Waals surface area contributed by atoms with Crippen LogP contribution in [0.2, 0.25) is 0 Å². The van der Waals surface area contributed by atoms with Gasteiger partial charge in [-0.05, 0) is 42.0 Å². The van der Waals surface area contributed by atoms with Gasteiger partial charge >= 0.3 is 0 Å². The number of aryl methyl sites for hydroxylation is 1. The van der Waals surface area contributed by atoms with Crippen molar-refractivity contribution in [2.75, 3.05) is 38.0 Å². The van der Waals surface area contributed by atoms with Crippen LogP contribution in [0.15, 0.2) is 34.7 Å². The summed E-state index contributed by atoms with van der Waals surface area (Å²) in [5.74, 6) is 1.69. The van der Waals surface area contributed by atoms with Crippen LogP contribution in [0, 0.1) is 6.92 Å². The lowest BCUT2D eigenvalue weighted by atomic mass is 9.92. The molecule has 162 valence electrons. The highest BCUT2D eigenvalue weighted by Gasteiger charge is 2.25. The number of benzene rings is 1. The lowest BCUT2D eigenvalue weighted by Gasteiger charge is -2.34. The molecule has 1 aromatic heterocycles. The molecule has 0 saturated carbocycles. The summed E-state index contributed by atoms with van der Waals surface area (Å²) >= 11 is 0. The van der Waals surface area contributed by atoms with Gasteiger partial charge in [-0.1, -0.05) is 45.9 Å². The van der Waals surface area contributed by atoms with E-state index in [1.165, 1.54) is 11.1 Å². The lowest BCUT2D eigenvalue weighted by Crippen LogP contribution is -2.50. The van der Waals surface area contributed by atoms with Crippen molar-refractivity contribution in [3.8, 4) is 0 Å². The summed E-state index contributed by atoms with van der Waals surface area (Å²) in [4.78, 5) is 29.2. The van der Waals surface area contributed by atoms with Crippen molar-refractivity contribution in [2.45, 2.75) is 46.5 Å². The lowest BCUT2D eigenvalue weighted by molar-refractivity contribution is -0.117. The third-order valence-corrected chi connectivity index (χ3v) is 5.62. The molecule has 1 fully saturated rings. The van der Waals surface area contributed by atoms with Crippen LogP contribution in [-0.4, -0.2) is 54.3 Å².